The van der Waals surface area contributed by atoms with Crippen molar-refractivity contribution in [3.05, 3.63) is 51.8 Å². The van der Waals surface area contributed by atoms with Crippen LogP contribution in [0.25, 0.3) is 11.0 Å². The molecule has 0 saturated heterocycles. The Kier molecular flexibility index (Phi) is 3.03. The smallest absolute Gasteiger partial charge is 0.354 e. The third kappa shape index (κ3) is 2.19. The third-order valence-electron chi connectivity index (χ3n) is 2.85. The lowest BCUT2D eigenvalue weighted by Gasteiger charge is -2.00. The molecule has 0 saturated carbocycles. The van der Waals surface area contributed by atoms with Gasteiger partial charge in [-0.2, -0.15) is 0 Å². The SMILES string of the molecule is Nc1scn[n+]1CC(=O)c1cc2ccccc2oc1=O. The van der Waals surface area contributed by atoms with E-state index in [9.17, 15) is 9.59 Å². The molecule has 0 spiro atoms. The number of anilines is 1. The number of ketones is 1. The van der Waals surface area contributed by atoms with E-state index in [0.717, 1.165) is 0 Å². The van der Waals surface area contributed by atoms with E-state index in [4.69, 9.17) is 10.2 Å². The number of fused-ring (bicyclic) bond motifs is 1. The fourth-order valence-electron chi connectivity index (χ4n) is 1.85. The molecule has 1 aromatic carbocycles. The molecule has 20 heavy (non-hydrogen) atoms. The summed E-state index contributed by atoms with van der Waals surface area (Å²) in [6, 6.07) is 8.56. The summed E-state index contributed by atoms with van der Waals surface area (Å²) >= 11 is 1.22. The molecular weight excluding hydrogens is 278 g/mol. The highest BCUT2D eigenvalue weighted by Crippen LogP contribution is 2.13. The standard InChI is InChI=1S/C13H9N3O3S/c14-13-16(15-7-20-13)6-10(17)9-5-8-3-1-2-4-11(8)19-12(9)18/h1-5,7,14H,6H2/p+1. The molecule has 100 valence electrons. The number of nitrogens with two attached hydrogens (primary N) is 1. The third-order valence-corrected chi connectivity index (χ3v) is 3.50. The highest BCUT2D eigenvalue weighted by molar-refractivity contribution is 7.12. The lowest BCUT2D eigenvalue weighted by atomic mass is 10.1. The van der Waals surface area contributed by atoms with Crippen LogP contribution in [0.4, 0.5) is 5.13 Å². The van der Waals surface area contributed by atoms with E-state index >= 15 is 0 Å². The lowest BCUT2D eigenvalue weighted by Crippen LogP contribution is -2.42. The minimum Gasteiger partial charge on any atom is -0.422 e. The lowest BCUT2D eigenvalue weighted by molar-refractivity contribution is -0.723. The normalized spacial score (nSPS) is 10.8. The van der Waals surface area contributed by atoms with Crippen LogP contribution in [0.2, 0.25) is 0 Å². The van der Waals surface area contributed by atoms with Gasteiger partial charge in [-0.15, -0.1) is 4.68 Å². The van der Waals surface area contributed by atoms with Crippen molar-refractivity contribution in [2.24, 2.45) is 0 Å². The molecule has 0 aliphatic heterocycles. The van der Waals surface area contributed by atoms with Gasteiger partial charge in [0.2, 0.25) is 5.78 Å². The van der Waals surface area contributed by atoms with Gasteiger partial charge in [-0.3, -0.25) is 10.5 Å². The predicted octanol–water partition coefficient (Wildman–Crippen LogP) is 1.00. The van der Waals surface area contributed by atoms with Gasteiger partial charge in [0.15, 0.2) is 6.54 Å². The number of nitrogens with zero attached hydrogens (tertiary/aromatic N) is 2. The largest absolute Gasteiger partial charge is 0.422 e. The Morgan fingerprint density at radius 3 is 2.95 bits per heavy atom. The summed E-state index contributed by atoms with van der Waals surface area (Å²) in [6.07, 6.45) is 0. The average molecular weight is 288 g/mol. The Morgan fingerprint density at radius 1 is 1.40 bits per heavy atom. The zero-order chi connectivity index (χ0) is 14.1. The summed E-state index contributed by atoms with van der Waals surface area (Å²) in [5.41, 5.74) is 7.00. The monoisotopic (exact) mass is 288 g/mol. The Labute approximate surface area is 117 Å². The van der Waals surface area contributed by atoms with Gasteiger partial charge in [0.1, 0.15) is 16.7 Å². The van der Waals surface area contributed by atoms with Gasteiger partial charge in [0, 0.05) is 5.39 Å². The number of benzene rings is 1. The number of carbonyl (C=O) groups is 1. The first kappa shape index (κ1) is 12.5. The van der Waals surface area contributed by atoms with Crippen LogP contribution < -0.4 is 16.0 Å². The molecule has 0 atom stereocenters. The van der Waals surface area contributed by atoms with E-state index < -0.39 is 5.63 Å². The molecule has 6 nitrogen and oxygen atoms in total. The fraction of sp³-hybridized carbons (Fsp3) is 0.0769. The number of carbonyl (C=O) groups excluding carboxylic acids is 1. The summed E-state index contributed by atoms with van der Waals surface area (Å²) < 4.78 is 6.48. The molecule has 0 aliphatic rings. The number of Topliss-reactive ketones (excluding diaryl/α,β-unsaturated/α-hetero) is 1. The van der Waals surface area contributed by atoms with Crippen LogP contribution in [0.3, 0.4) is 0 Å². The zero-order valence-electron chi connectivity index (χ0n) is 10.3. The first-order valence-corrected chi connectivity index (χ1v) is 6.68. The van der Waals surface area contributed by atoms with Crippen LogP contribution in [0, 0.1) is 0 Å². The van der Waals surface area contributed by atoms with E-state index in [2.05, 4.69) is 5.10 Å². The van der Waals surface area contributed by atoms with E-state index in [1.807, 2.05) is 6.07 Å². The number of aromatic nitrogens is 2. The van der Waals surface area contributed by atoms with Gasteiger partial charge >= 0.3 is 10.8 Å². The Hall–Kier alpha value is -2.54. The van der Waals surface area contributed by atoms with Gasteiger partial charge in [0.25, 0.3) is 0 Å². The number of nitrogen functional groups attached to an aromatic ring is 1. The Balaban J connectivity index is 2.01. The predicted molar refractivity (Wildman–Crippen MR) is 73.5 cm³/mol. The molecule has 3 aromatic rings. The van der Waals surface area contributed by atoms with Gasteiger partial charge in [-0.05, 0) is 23.5 Å². The topological polar surface area (TPSA) is 90.1 Å². The fourth-order valence-corrected chi connectivity index (χ4v) is 2.35. The van der Waals surface area contributed by atoms with Crippen LogP contribution >= 0.6 is 11.3 Å². The van der Waals surface area contributed by atoms with Gasteiger partial charge in [-0.25, -0.2) is 4.79 Å². The second-order valence-corrected chi connectivity index (χ2v) is 5.01. The summed E-state index contributed by atoms with van der Waals surface area (Å²) in [5.74, 6) is -0.382. The molecule has 3 rings (SSSR count). The highest BCUT2D eigenvalue weighted by Gasteiger charge is 2.19. The maximum atomic E-state index is 12.2. The minimum absolute atomic E-state index is 0.00333. The molecule has 0 bridgehead atoms. The first-order chi connectivity index (χ1) is 9.65. The maximum absolute atomic E-state index is 12.2. The van der Waals surface area contributed by atoms with Crippen LogP contribution in [-0.2, 0) is 6.54 Å². The average Bonchev–Trinajstić information content (AvgIpc) is 2.83. The highest BCUT2D eigenvalue weighted by atomic mass is 32.1. The van der Waals surface area contributed by atoms with Crippen molar-refractivity contribution in [2.45, 2.75) is 6.54 Å². The van der Waals surface area contributed by atoms with Gasteiger partial charge in [0.05, 0.1) is 0 Å². The first-order valence-electron chi connectivity index (χ1n) is 5.80. The molecule has 7 heteroatoms. The second kappa shape index (κ2) is 4.86. The van der Waals surface area contributed by atoms with E-state index in [-0.39, 0.29) is 17.9 Å². The van der Waals surface area contributed by atoms with Crippen LogP contribution in [-0.4, -0.2) is 10.9 Å². The molecule has 0 aliphatic carbocycles. The molecule has 0 fully saturated rings. The van der Waals surface area contributed by atoms with Crippen molar-refractivity contribution in [3.8, 4) is 0 Å². The Morgan fingerprint density at radius 2 is 2.20 bits per heavy atom. The summed E-state index contributed by atoms with van der Waals surface area (Å²) in [4.78, 5) is 24.0. The van der Waals surface area contributed by atoms with Crippen LogP contribution in [0.1, 0.15) is 10.4 Å². The van der Waals surface area contributed by atoms with E-state index in [0.29, 0.717) is 16.1 Å². The van der Waals surface area contributed by atoms with Crippen molar-refractivity contribution >= 4 is 33.2 Å². The number of rotatable bonds is 3. The number of hydrogen-bond donors (Lipinski definition) is 1. The molecule has 0 unspecified atom stereocenters. The quantitative estimate of drug-likeness (QED) is 0.441. The van der Waals surface area contributed by atoms with E-state index in [1.54, 1.807) is 18.2 Å². The molecular formula is C13H10N3O3S+. The van der Waals surface area contributed by atoms with Crippen molar-refractivity contribution < 1.29 is 13.9 Å². The number of para-hydroxylation sites is 1. The van der Waals surface area contributed by atoms with Crippen molar-refractivity contribution in [1.29, 1.82) is 0 Å². The van der Waals surface area contributed by atoms with Crippen molar-refractivity contribution in [1.82, 2.24) is 5.10 Å². The number of hydrogen-bond acceptors (Lipinski definition) is 6. The van der Waals surface area contributed by atoms with Crippen molar-refractivity contribution in [2.75, 3.05) is 5.73 Å². The zero-order valence-corrected chi connectivity index (χ0v) is 11.1. The van der Waals surface area contributed by atoms with Crippen molar-refractivity contribution in [3.63, 3.8) is 0 Å². The summed E-state index contributed by atoms with van der Waals surface area (Å²) in [5, 5.41) is 5.04. The minimum atomic E-state index is -0.650. The molecule has 2 aromatic heterocycles. The van der Waals surface area contributed by atoms with Crippen LogP contribution in [0.15, 0.2) is 45.1 Å². The van der Waals surface area contributed by atoms with Gasteiger partial charge in [-0.1, -0.05) is 23.3 Å². The molecule has 2 heterocycles. The molecule has 0 amide bonds. The second-order valence-electron chi connectivity index (χ2n) is 4.14. The Bertz CT molecular complexity index is 853. The van der Waals surface area contributed by atoms with Gasteiger partial charge < -0.3 is 4.42 Å². The van der Waals surface area contributed by atoms with Crippen LogP contribution in [0.5, 0.6) is 0 Å². The maximum Gasteiger partial charge on any atom is 0.354 e. The van der Waals surface area contributed by atoms with E-state index in [1.165, 1.54) is 27.6 Å². The molecule has 0 radical (unpaired) electrons. The molecule has 2 N–H and O–H groups in total. The summed E-state index contributed by atoms with van der Waals surface area (Å²) in [7, 11) is 0. The summed E-state index contributed by atoms with van der Waals surface area (Å²) in [6.45, 7) is -0.0849.